The molecule has 0 fully saturated rings. The Labute approximate surface area is 219 Å². The number of halogens is 3. The van der Waals surface area contributed by atoms with Gasteiger partial charge >= 0.3 is 6.09 Å². The molecule has 1 aromatic heterocycles. The standard InChI is InChI=1S/C27H27Cl2FN4O2/c1-27(2,3)36-26(35)33-14-18-13-19(28)11-12-22(18)34-23(15-33)31-32-25(34)17-9-7-16(8-10-17)20-5-4-6-21(30)24(20)29/h4-7,11-13,17H,8-10,14-15H2,1-3H3/t17-/m1/s1. The fourth-order valence-corrected chi connectivity index (χ4v) is 5.25. The van der Waals surface area contributed by atoms with Gasteiger partial charge in [0.1, 0.15) is 17.2 Å². The van der Waals surface area contributed by atoms with Gasteiger partial charge < -0.3 is 4.74 Å². The molecule has 0 N–H and O–H groups in total. The summed E-state index contributed by atoms with van der Waals surface area (Å²) in [6.45, 7) is 6.14. The number of ether oxygens (including phenoxy) is 1. The Hall–Kier alpha value is -2.90. The van der Waals surface area contributed by atoms with Gasteiger partial charge in [-0.1, -0.05) is 41.4 Å². The first-order chi connectivity index (χ1) is 17.1. The van der Waals surface area contributed by atoms with Gasteiger partial charge in [-0.2, -0.15) is 0 Å². The van der Waals surface area contributed by atoms with E-state index in [-0.39, 0.29) is 17.5 Å². The predicted octanol–water partition coefficient (Wildman–Crippen LogP) is 7.32. The van der Waals surface area contributed by atoms with Gasteiger partial charge in [0.25, 0.3) is 0 Å². The molecule has 1 atom stereocenters. The van der Waals surface area contributed by atoms with E-state index >= 15 is 0 Å². The molecule has 6 nitrogen and oxygen atoms in total. The zero-order valence-electron chi connectivity index (χ0n) is 20.4. The molecule has 9 heteroatoms. The van der Waals surface area contributed by atoms with Crippen molar-refractivity contribution < 1.29 is 13.9 Å². The topological polar surface area (TPSA) is 60.2 Å². The van der Waals surface area contributed by atoms with Crippen LogP contribution in [0.4, 0.5) is 9.18 Å². The minimum absolute atomic E-state index is 0.110. The number of allylic oxidation sites excluding steroid dienone is 2. The van der Waals surface area contributed by atoms with Crippen molar-refractivity contribution in [3.63, 3.8) is 0 Å². The van der Waals surface area contributed by atoms with Gasteiger partial charge in [-0.15, -0.1) is 10.2 Å². The van der Waals surface area contributed by atoms with Crippen molar-refractivity contribution in [1.82, 2.24) is 19.7 Å². The monoisotopic (exact) mass is 528 g/mol. The Morgan fingerprint density at radius 1 is 1.14 bits per heavy atom. The Morgan fingerprint density at radius 3 is 2.67 bits per heavy atom. The van der Waals surface area contributed by atoms with Gasteiger partial charge in [-0.3, -0.25) is 9.47 Å². The lowest BCUT2D eigenvalue weighted by Crippen LogP contribution is -2.35. The predicted molar refractivity (Wildman–Crippen MR) is 138 cm³/mol. The van der Waals surface area contributed by atoms with Crippen molar-refractivity contribution in [3.8, 4) is 5.69 Å². The van der Waals surface area contributed by atoms with Crippen molar-refractivity contribution in [3.05, 3.63) is 81.1 Å². The SMILES string of the molecule is CC(C)(C)OC(=O)N1Cc2cc(Cl)ccc2-n2c(nnc2[C@@H]2CC=C(c3cccc(F)c3Cl)CC2)C1. The number of carbonyl (C=O) groups is 1. The summed E-state index contributed by atoms with van der Waals surface area (Å²) in [5.74, 6) is 1.20. The Bertz CT molecular complexity index is 1360. The molecule has 0 spiro atoms. The van der Waals surface area contributed by atoms with E-state index in [0.29, 0.717) is 17.4 Å². The van der Waals surface area contributed by atoms with E-state index in [4.69, 9.17) is 27.9 Å². The molecule has 188 valence electrons. The number of carbonyl (C=O) groups excluding carboxylic acids is 1. The number of hydrogen-bond acceptors (Lipinski definition) is 4. The number of nitrogens with zero attached hydrogens (tertiary/aromatic N) is 4. The minimum atomic E-state index is -0.615. The highest BCUT2D eigenvalue weighted by Gasteiger charge is 2.32. The van der Waals surface area contributed by atoms with Crippen molar-refractivity contribution in [1.29, 1.82) is 0 Å². The van der Waals surface area contributed by atoms with Gasteiger partial charge in [0, 0.05) is 10.9 Å². The van der Waals surface area contributed by atoms with Gasteiger partial charge in [0.05, 0.1) is 23.8 Å². The van der Waals surface area contributed by atoms with Crippen LogP contribution in [0.5, 0.6) is 0 Å². The third kappa shape index (κ3) is 4.87. The first-order valence-corrected chi connectivity index (χ1v) is 12.7. The van der Waals surface area contributed by atoms with Crippen LogP contribution in [0.15, 0.2) is 42.5 Å². The molecule has 1 amide bonds. The largest absolute Gasteiger partial charge is 0.444 e. The van der Waals surface area contributed by atoms with E-state index in [0.717, 1.165) is 47.5 Å². The molecule has 2 aliphatic rings. The zero-order valence-corrected chi connectivity index (χ0v) is 21.9. The summed E-state index contributed by atoms with van der Waals surface area (Å²) in [7, 11) is 0. The van der Waals surface area contributed by atoms with Crippen LogP contribution in [-0.2, 0) is 17.8 Å². The molecule has 0 unspecified atom stereocenters. The van der Waals surface area contributed by atoms with Crippen LogP contribution in [0.2, 0.25) is 10.0 Å². The maximum absolute atomic E-state index is 14.0. The number of aromatic nitrogens is 3. The van der Waals surface area contributed by atoms with Gasteiger partial charge in [0.15, 0.2) is 5.82 Å². The maximum Gasteiger partial charge on any atom is 0.411 e. The summed E-state index contributed by atoms with van der Waals surface area (Å²) in [6.07, 6.45) is 3.98. The summed E-state index contributed by atoms with van der Waals surface area (Å²) < 4.78 is 21.7. The fraction of sp³-hybridized carbons (Fsp3) is 0.370. The van der Waals surface area contributed by atoms with Crippen molar-refractivity contribution in [2.45, 2.75) is 64.6 Å². The third-order valence-electron chi connectivity index (χ3n) is 6.46. The van der Waals surface area contributed by atoms with E-state index in [1.54, 1.807) is 11.0 Å². The lowest BCUT2D eigenvalue weighted by Gasteiger charge is -2.26. The molecule has 36 heavy (non-hydrogen) atoms. The normalized spacial score (nSPS) is 17.7. The van der Waals surface area contributed by atoms with Crippen LogP contribution in [0.1, 0.15) is 68.7 Å². The highest BCUT2D eigenvalue weighted by molar-refractivity contribution is 6.32. The van der Waals surface area contributed by atoms with Gasteiger partial charge in [0.2, 0.25) is 0 Å². The van der Waals surface area contributed by atoms with E-state index in [1.807, 2.05) is 45.0 Å². The first kappa shape index (κ1) is 24.8. The van der Waals surface area contributed by atoms with Crippen LogP contribution < -0.4 is 0 Å². The van der Waals surface area contributed by atoms with Gasteiger partial charge in [-0.05, 0) is 81.0 Å². The molecule has 5 rings (SSSR count). The summed E-state index contributed by atoms with van der Waals surface area (Å²) in [5, 5.41) is 9.80. The molecular formula is C27H27Cl2FN4O2. The molecule has 1 aliphatic heterocycles. The van der Waals surface area contributed by atoms with Crippen LogP contribution in [-0.4, -0.2) is 31.4 Å². The lowest BCUT2D eigenvalue weighted by molar-refractivity contribution is 0.0214. The second kappa shape index (κ2) is 9.52. The van der Waals surface area contributed by atoms with Gasteiger partial charge in [-0.25, -0.2) is 9.18 Å². The number of amides is 1. The molecule has 0 radical (unpaired) electrons. The average molecular weight is 529 g/mol. The van der Waals surface area contributed by atoms with Crippen molar-refractivity contribution in [2.75, 3.05) is 0 Å². The van der Waals surface area contributed by atoms with Crippen LogP contribution >= 0.6 is 23.2 Å². The molecular weight excluding hydrogens is 502 g/mol. The zero-order chi connectivity index (χ0) is 25.6. The number of hydrogen-bond donors (Lipinski definition) is 0. The molecule has 0 saturated carbocycles. The number of fused-ring (bicyclic) bond motifs is 3. The van der Waals surface area contributed by atoms with Crippen LogP contribution in [0, 0.1) is 5.82 Å². The summed E-state index contributed by atoms with van der Waals surface area (Å²) in [6, 6.07) is 10.6. The second-order valence-electron chi connectivity index (χ2n) is 10.2. The number of rotatable bonds is 2. The van der Waals surface area contributed by atoms with E-state index in [2.05, 4.69) is 20.8 Å². The van der Waals surface area contributed by atoms with Crippen LogP contribution in [0.25, 0.3) is 11.3 Å². The Morgan fingerprint density at radius 2 is 1.94 bits per heavy atom. The van der Waals surface area contributed by atoms with Crippen molar-refractivity contribution in [2.24, 2.45) is 0 Å². The Kier molecular flexibility index (Phi) is 6.55. The highest BCUT2D eigenvalue weighted by atomic mass is 35.5. The molecule has 0 bridgehead atoms. The Balaban J connectivity index is 1.49. The smallest absolute Gasteiger partial charge is 0.411 e. The highest BCUT2D eigenvalue weighted by Crippen LogP contribution is 2.40. The quantitative estimate of drug-likeness (QED) is 0.349. The molecule has 0 saturated heterocycles. The average Bonchev–Trinajstić information content (AvgIpc) is 3.15. The fourth-order valence-electron chi connectivity index (χ4n) is 4.81. The molecule has 1 aliphatic carbocycles. The van der Waals surface area contributed by atoms with Crippen molar-refractivity contribution >= 4 is 34.9 Å². The second-order valence-corrected chi connectivity index (χ2v) is 11.0. The number of benzene rings is 2. The van der Waals surface area contributed by atoms with E-state index in [9.17, 15) is 9.18 Å². The van der Waals surface area contributed by atoms with Crippen LogP contribution in [0.3, 0.4) is 0 Å². The first-order valence-electron chi connectivity index (χ1n) is 11.9. The minimum Gasteiger partial charge on any atom is -0.444 e. The van der Waals surface area contributed by atoms with E-state index < -0.39 is 17.5 Å². The molecule has 3 aromatic rings. The third-order valence-corrected chi connectivity index (χ3v) is 7.08. The molecule has 2 aromatic carbocycles. The summed E-state index contributed by atoms with van der Waals surface area (Å²) >= 11 is 12.6. The lowest BCUT2D eigenvalue weighted by atomic mass is 9.86. The van der Waals surface area contributed by atoms with E-state index in [1.165, 1.54) is 6.07 Å². The summed E-state index contributed by atoms with van der Waals surface area (Å²) in [5.41, 5.74) is 2.96. The molecule has 2 heterocycles. The summed E-state index contributed by atoms with van der Waals surface area (Å²) in [4.78, 5) is 14.6. The maximum atomic E-state index is 14.0.